The first-order valence-corrected chi connectivity index (χ1v) is 14.4. The van der Waals surface area contributed by atoms with Gasteiger partial charge in [0.2, 0.25) is 5.91 Å². The molecule has 0 unspecified atom stereocenters. The van der Waals surface area contributed by atoms with E-state index in [1.807, 2.05) is 43.0 Å². The molecule has 6 nitrogen and oxygen atoms in total. The summed E-state index contributed by atoms with van der Waals surface area (Å²) in [5.74, 6) is 0.704. The Kier molecular flexibility index (Phi) is 6.91. The van der Waals surface area contributed by atoms with E-state index >= 15 is 0 Å². The quantitative estimate of drug-likeness (QED) is 0.308. The second kappa shape index (κ2) is 10.4. The van der Waals surface area contributed by atoms with Crippen LogP contribution in [-0.2, 0) is 17.8 Å². The molecular formula is C34H37NO5. The van der Waals surface area contributed by atoms with Crippen molar-refractivity contribution in [2.24, 2.45) is 5.92 Å². The van der Waals surface area contributed by atoms with Crippen LogP contribution < -0.4 is 10.4 Å². The first-order valence-electron chi connectivity index (χ1n) is 14.4. The minimum absolute atomic E-state index is 0.00686. The van der Waals surface area contributed by atoms with E-state index in [1.165, 1.54) is 10.8 Å². The number of aryl methyl sites for hydroxylation is 3. The van der Waals surface area contributed by atoms with Gasteiger partial charge in [-0.2, -0.15) is 0 Å². The number of carbonyl (C=O) groups is 1. The molecule has 2 atom stereocenters. The van der Waals surface area contributed by atoms with Gasteiger partial charge in [0.05, 0.1) is 17.6 Å². The molecule has 4 aromatic rings. The highest BCUT2D eigenvalue weighted by atomic mass is 16.5. The number of hydrogen-bond acceptors (Lipinski definition) is 5. The highest BCUT2D eigenvalue weighted by molar-refractivity contribution is 5.88. The Hall–Kier alpha value is -3.64. The zero-order valence-corrected chi connectivity index (χ0v) is 23.6. The SMILES string of the molecule is Cc1ccc2ccccc2c1COc1ccc2c(C)c(CC(=O)N3CC[C@]4(O)CCCC[C@@H]4C3)c(=O)oc2c1C. The number of nitrogens with zero attached hydrogens (tertiary/aromatic N) is 1. The summed E-state index contributed by atoms with van der Waals surface area (Å²) in [6, 6.07) is 16.3. The number of likely N-dealkylation sites (tertiary alicyclic amines) is 1. The summed E-state index contributed by atoms with van der Waals surface area (Å²) in [7, 11) is 0. The molecule has 1 N–H and O–H groups in total. The van der Waals surface area contributed by atoms with Crippen LogP contribution in [0.15, 0.2) is 57.7 Å². The number of carbonyl (C=O) groups excluding carboxylic acids is 1. The van der Waals surface area contributed by atoms with Crippen LogP contribution in [0.1, 0.15) is 59.9 Å². The molecule has 0 radical (unpaired) electrons. The molecule has 1 amide bonds. The van der Waals surface area contributed by atoms with Crippen molar-refractivity contribution in [1.82, 2.24) is 4.90 Å². The summed E-state index contributed by atoms with van der Waals surface area (Å²) in [5, 5.41) is 14.1. The maximum absolute atomic E-state index is 13.3. The molecule has 2 fully saturated rings. The number of benzene rings is 3. The van der Waals surface area contributed by atoms with Gasteiger partial charge in [0.15, 0.2) is 0 Å². The third-order valence-corrected chi connectivity index (χ3v) is 9.41. The van der Waals surface area contributed by atoms with Crippen molar-refractivity contribution in [2.75, 3.05) is 13.1 Å². The predicted molar refractivity (Wildman–Crippen MR) is 157 cm³/mol. The summed E-state index contributed by atoms with van der Waals surface area (Å²) >= 11 is 0. The monoisotopic (exact) mass is 539 g/mol. The average Bonchev–Trinajstić information content (AvgIpc) is 2.95. The predicted octanol–water partition coefficient (Wildman–Crippen LogP) is 6.15. The molecule has 2 heterocycles. The second-order valence-electron chi connectivity index (χ2n) is 11.7. The summed E-state index contributed by atoms with van der Waals surface area (Å²) in [6.45, 7) is 7.37. The van der Waals surface area contributed by atoms with Crippen molar-refractivity contribution in [2.45, 2.75) is 71.5 Å². The summed E-state index contributed by atoms with van der Waals surface area (Å²) in [5.41, 5.74) is 3.61. The first-order chi connectivity index (χ1) is 19.2. The van der Waals surface area contributed by atoms with E-state index in [0.29, 0.717) is 43.0 Å². The Bertz CT molecular complexity index is 1670. The third kappa shape index (κ3) is 4.68. The fraction of sp³-hybridized carbons (Fsp3) is 0.412. The topological polar surface area (TPSA) is 80.0 Å². The van der Waals surface area contributed by atoms with E-state index in [9.17, 15) is 14.7 Å². The normalized spacial score (nSPS) is 21.0. The lowest BCUT2D eigenvalue weighted by Crippen LogP contribution is -2.55. The van der Waals surface area contributed by atoms with Gasteiger partial charge < -0.3 is 19.2 Å². The van der Waals surface area contributed by atoms with Crippen LogP contribution in [0.4, 0.5) is 0 Å². The van der Waals surface area contributed by atoms with E-state index in [4.69, 9.17) is 9.15 Å². The van der Waals surface area contributed by atoms with Crippen LogP contribution >= 0.6 is 0 Å². The molecule has 6 heteroatoms. The zero-order chi connectivity index (χ0) is 28.0. The number of amides is 1. The molecule has 40 heavy (non-hydrogen) atoms. The van der Waals surface area contributed by atoms with Gasteiger partial charge in [-0.3, -0.25) is 4.79 Å². The fourth-order valence-corrected chi connectivity index (χ4v) is 6.78. The third-order valence-electron chi connectivity index (χ3n) is 9.41. The van der Waals surface area contributed by atoms with E-state index in [1.54, 1.807) is 0 Å². The molecule has 1 aliphatic carbocycles. The van der Waals surface area contributed by atoms with Crippen molar-refractivity contribution in [1.29, 1.82) is 0 Å². The highest BCUT2D eigenvalue weighted by Crippen LogP contribution is 2.40. The molecule has 2 aliphatic rings. The minimum atomic E-state index is -0.642. The fourth-order valence-electron chi connectivity index (χ4n) is 6.78. The Labute approximate surface area is 234 Å². The molecule has 0 bridgehead atoms. The van der Waals surface area contributed by atoms with E-state index in [0.717, 1.165) is 53.3 Å². The van der Waals surface area contributed by atoms with E-state index in [2.05, 4.69) is 31.2 Å². The van der Waals surface area contributed by atoms with Crippen molar-refractivity contribution >= 4 is 27.6 Å². The average molecular weight is 540 g/mol. The number of fused-ring (bicyclic) bond motifs is 3. The Balaban J connectivity index is 1.23. The lowest BCUT2D eigenvalue weighted by Gasteiger charge is -2.47. The van der Waals surface area contributed by atoms with Gasteiger partial charge in [0.25, 0.3) is 0 Å². The highest BCUT2D eigenvalue weighted by Gasteiger charge is 2.43. The molecular weight excluding hydrogens is 502 g/mol. The Morgan fingerprint density at radius 2 is 1.82 bits per heavy atom. The standard InChI is InChI=1S/C34H37NO5/c1-21-11-12-24-8-4-5-10-27(24)29(21)20-39-30-14-13-26-22(2)28(33(37)40-32(26)23(30)3)18-31(36)35-17-16-34(38)15-7-6-9-25(34)19-35/h4-5,8,10-14,25,38H,6-7,9,15-20H2,1-3H3/t25-,34-/m1/s1. The van der Waals surface area contributed by atoms with Crippen molar-refractivity contribution in [3.05, 3.63) is 86.8 Å². The molecule has 3 aromatic carbocycles. The molecule has 0 spiro atoms. The second-order valence-corrected chi connectivity index (χ2v) is 11.7. The van der Waals surface area contributed by atoms with Crippen LogP contribution in [0, 0.1) is 26.7 Å². The number of rotatable bonds is 5. The van der Waals surface area contributed by atoms with Gasteiger partial charge in [0.1, 0.15) is 17.9 Å². The van der Waals surface area contributed by atoms with Crippen LogP contribution in [0.3, 0.4) is 0 Å². The van der Waals surface area contributed by atoms with E-state index < -0.39 is 11.2 Å². The van der Waals surface area contributed by atoms with Crippen LogP contribution in [0.25, 0.3) is 21.7 Å². The van der Waals surface area contributed by atoms with Gasteiger partial charge in [-0.1, -0.05) is 49.2 Å². The summed E-state index contributed by atoms with van der Waals surface area (Å²) < 4.78 is 12.1. The number of piperidine rings is 1. The lowest BCUT2D eigenvalue weighted by molar-refractivity contribution is -0.142. The molecule has 1 aromatic heterocycles. The first kappa shape index (κ1) is 26.6. The molecule has 6 rings (SSSR count). The smallest absolute Gasteiger partial charge is 0.340 e. The van der Waals surface area contributed by atoms with Crippen molar-refractivity contribution in [3.8, 4) is 5.75 Å². The Morgan fingerprint density at radius 1 is 1.00 bits per heavy atom. The molecule has 1 aliphatic heterocycles. The largest absolute Gasteiger partial charge is 0.488 e. The molecule has 1 saturated heterocycles. The van der Waals surface area contributed by atoms with Crippen LogP contribution in [-0.4, -0.2) is 34.6 Å². The van der Waals surface area contributed by atoms with Crippen LogP contribution in [0.5, 0.6) is 5.75 Å². The lowest BCUT2D eigenvalue weighted by atomic mass is 9.71. The van der Waals surface area contributed by atoms with Gasteiger partial charge in [-0.05, 0) is 74.1 Å². The zero-order valence-electron chi connectivity index (χ0n) is 23.6. The molecule has 208 valence electrons. The van der Waals surface area contributed by atoms with Gasteiger partial charge >= 0.3 is 5.63 Å². The Morgan fingerprint density at radius 3 is 2.67 bits per heavy atom. The summed E-state index contributed by atoms with van der Waals surface area (Å²) in [6.07, 6.45) is 4.52. The van der Waals surface area contributed by atoms with E-state index in [-0.39, 0.29) is 18.2 Å². The van der Waals surface area contributed by atoms with Crippen LogP contribution in [0.2, 0.25) is 0 Å². The maximum Gasteiger partial charge on any atom is 0.340 e. The molecule has 1 saturated carbocycles. The number of hydrogen-bond donors (Lipinski definition) is 1. The number of ether oxygens (including phenoxy) is 1. The minimum Gasteiger partial charge on any atom is -0.488 e. The van der Waals surface area contributed by atoms with Gasteiger partial charge in [-0.25, -0.2) is 4.79 Å². The summed E-state index contributed by atoms with van der Waals surface area (Å²) in [4.78, 5) is 28.3. The van der Waals surface area contributed by atoms with Gasteiger partial charge in [0, 0.05) is 35.5 Å². The maximum atomic E-state index is 13.3. The number of aliphatic hydroxyl groups is 1. The van der Waals surface area contributed by atoms with Crippen molar-refractivity contribution in [3.63, 3.8) is 0 Å². The van der Waals surface area contributed by atoms with Gasteiger partial charge in [-0.15, -0.1) is 0 Å². The van der Waals surface area contributed by atoms with Crippen molar-refractivity contribution < 1.29 is 19.1 Å².